The van der Waals surface area contributed by atoms with Gasteiger partial charge in [-0.3, -0.25) is 20.4 Å². The Balaban J connectivity index is 1.96. The molecule has 0 atom stereocenters. The number of hydrazine groups is 1. The number of carbonyl (C=O) groups excluding carboxylic acids is 2. The molecule has 2 amide bonds. The van der Waals surface area contributed by atoms with E-state index in [2.05, 4.69) is 10.9 Å². The van der Waals surface area contributed by atoms with E-state index in [-0.39, 0.29) is 12.3 Å². The first kappa shape index (κ1) is 19.9. The lowest BCUT2D eigenvalue weighted by molar-refractivity contribution is -0.121. The lowest BCUT2D eigenvalue weighted by Gasteiger charge is -2.11. The molecule has 0 unspecified atom stereocenters. The van der Waals surface area contributed by atoms with Crippen molar-refractivity contribution in [3.05, 3.63) is 47.5 Å². The Hall–Kier alpha value is -3.42. The standard InChI is InChI=1S/C19H22N2O6/c1-24-14-7-5-12(9-16(14)26-3)10-18(22)20-21-19(23)13-6-8-15(25-2)17(11-13)27-4/h5-9,11H,10H2,1-4H3,(H,20,22)(H,21,23). The second-order valence-corrected chi connectivity index (χ2v) is 5.44. The lowest BCUT2D eigenvalue weighted by atomic mass is 10.1. The van der Waals surface area contributed by atoms with Gasteiger partial charge in [0, 0.05) is 5.56 Å². The molecule has 27 heavy (non-hydrogen) atoms. The average molecular weight is 374 g/mol. The van der Waals surface area contributed by atoms with Crippen molar-refractivity contribution < 1.29 is 28.5 Å². The highest BCUT2D eigenvalue weighted by Crippen LogP contribution is 2.28. The molecular formula is C19H22N2O6. The van der Waals surface area contributed by atoms with Gasteiger partial charge in [0.15, 0.2) is 23.0 Å². The van der Waals surface area contributed by atoms with Gasteiger partial charge in [-0.1, -0.05) is 6.07 Å². The highest BCUT2D eigenvalue weighted by molar-refractivity contribution is 5.96. The fourth-order valence-electron chi connectivity index (χ4n) is 2.40. The summed E-state index contributed by atoms with van der Waals surface area (Å²) in [6.07, 6.45) is 0.0621. The first-order valence-corrected chi connectivity index (χ1v) is 8.04. The van der Waals surface area contributed by atoms with E-state index >= 15 is 0 Å². The third kappa shape index (κ3) is 5.04. The van der Waals surface area contributed by atoms with Crippen molar-refractivity contribution in [3.8, 4) is 23.0 Å². The second-order valence-electron chi connectivity index (χ2n) is 5.44. The Morgan fingerprint density at radius 3 is 1.89 bits per heavy atom. The summed E-state index contributed by atoms with van der Waals surface area (Å²) in [6.45, 7) is 0. The molecule has 0 aliphatic rings. The molecule has 0 aromatic heterocycles. The van der Waals surface area contributed by atoms with Gasteiger partial charge in [0.1, 0.15) is 0 Å². The number of hydrogen-bond acceptors (Lipinski definition) is 6. The average Bonchev–Trinajstić information content (AvgIpc) is 2.71. The van der Waals surface area contributed by atoms with E-state index in [9.17, 15) is 9.59 Å². The molecule has 0 saturated heterocycles. The molecule has 0 radical (unpaired) electrons. The topological polar surface area (TPSA) is 95.1 Å². The smallest absolute Gasteiger partial charge is 0.269 e. The van der Waals surface area contributed by atoms with Gasteiger partial charge in [0.25, 0.3) is 5.91 Å². The third-order valence-corrected chi connectivity index (χ3v) is 3.77. The number of methoxy groups -OCH3 is 4. The van der Waals surface area contributed by atoms with Crippen molar-refractivity contribution in [1.82, 2.24) is 10.9 Å². The van der Waals surface area contributed by atoms with Crippen LogP contribution < -0.4 is 29.8 Å². The van der Waals surface area contributed by atoms with Crippen molar-refractivity contribution in [1.29, 1.82) is 0 Å². The largest absolute Gasteiger partial charge is 0.493 e. The zero-order chi connectivity index (χ0) is 19.8. The van der Waals surface area contributed by atoms with Gasteiger partial charge in [-0.25, -0.2) is 0 Å². The quantitative estimate of drug-likeness (QED) is 0.717. The van der Waals surface area contributed by atoms with E-state index in [0.29, 0.717) is 34.1 Å². The van der Waals surface area contributed by atoms with E-state index in [0.717, 1.165) is 0 Å². The van der Waals surface area contributed by atoms with Gasteiger partial charge in [-0.05, 0) is 35.9 Å². The molecule has 2 aromatic carbocycles. The molecule has 0 saturated carbocycles. The minimum atomic E-state index is -0.475. The van der Waals surface area contributed by atoms with Crippen LogP contribution in [0.25, 0.3) is 0 Å². The summed E-state index contributed by atoms with van der Waals surface area (Å²) in [5.41, 5.74) is 5.78. The van der Waals surface area contributed by atoms with Crippen LogP contribution in [0.4, 0.5) is 0 Å². The highest BCUT2D eigenvalue weighted by atomic mass is 16.5. The first-order valence-electron chi connectivity index (χ1n) is 8.04. The molecule has 8 nitrogen and oxygen atoms in total. The van der Waals surface area contributed by atoms with Gasteiger partial charge in [-0.2, -0.15) is 0 Å². The molecule has 0 aliphatic carbocycles. The van der Waals surface area contributed by atoms with Gasteiger partial charge in [0.05, 0.1) is 34.9 Å². The van der Waals surface area contributed by atoms with E-state index in [1.54, 1.807) is 30.3 Å². The Kier molecular flexibility index (Phi) is 6.87. The second kappa shape index (κ2) is 9.33. The Morgan fingerprint density at radius 2 is 1.30 bits per heavy atom. The molecule has 0 aliphatic heterocycles. The van der Waals surface area contributed by atoms with Crippen LogP contribution in [0.2, 0.25) is 0 Å². The van der Waals surface area contributed by atoms with Crippen molar-refractivity contribution in [2.45, 2.75) is 6.42 Å². The highest BCUT2D eigenvalue weighted by Gasteiger charge is 2.13. The maximum absolute atomic E-state index is 12.2. The molecule has 0 spiro atoms. The van der Waals surface area contributed by atoms with Crippen LogP contribution in [0.3, 0.4) is 0 Å². The van der Waals surface area contributed by atoms with E-state index < -0.39 is 5.91 Å². The van der Waals surface area contributed by atoms with E-state index in [4.69, 9.17) is 18.9 Å². The number of carbonyl (C=O) groups is 2. The predicted molar refractivity (Wildman–Crippen MR) is 98.4 cm³/mol. The molecule has 0 fully saturated rings. The predicted octanol–water partition coefficient (Wildman–Crippen LogP) is 1.72. The zero-order valence-corrected chi connectivity index (χ0v) is 15.6. The summed E-state index contributed by atoms with van der Waals surface area (Å²) < 4.78 is 20.6. The summed E-state index contributed by atoms with van der Waals surface area (Å²) in [7, 11) is 6.04. The number of ether oxygens (including phenoxy) is 4. The molecule has 0 bridgehead atoms. The Morgan fingerprint density at radius 1 is 0.741 bits per heavy atom. The van der Waals surface area contributed by atoms with Crippen molar-refractivity contribution in [2.75, 3.05) is 28.4 Å². The van der Waals surface area contributed by atoms with Gasteiger partial charge >= 0.3 is 0 Å². The number of amides is 2. The summed E-state index contributed by atoms with van der Waals surface area (Å²) in [6, 6.07) is 9.86. The normalized spacial score (nSPS) is 9.93. The van der Waals surface area contributed by atoms with E-state index in [1.807, 2.05) is 0 Å². The molecule has 8 heteroatoms. The lowest BCUT2D eigenvalue weighted by Crippen LogP contribution is -2.42. The summed E-state index contributed by atoms with van der Waals surface area (Å²) in [5.74, 6) is 1.17. The third-order valence-electron chi connectivity index (χ3n) is 3.77. The summed E-state index contributed by atoms with van der Waals surface area (Å²) in [4.78, 5) is 24.3. The van der Waals surface area contributed by atoms with Crippen molar-refractivity contribution in [3.63, 3.8) is 0 Å². The number of benzene rings is 2. The van der Waals surface area contributed by atoms with Crippen molar-refractivity contribution in [2.24, 2.45) is 0 Å². The molecule has 2 N–H and O–H groups in total. The van der Waals surface area contributed by atoms with E-state index in [1.165, 1.54) is 34.5 Å². The molecule has 2 rings (SSSR count). The van der Waals surface area contributed by atoms with Crippen molar-refractivity contribution >= 4 is 11.8 Å². The van der Waals surface area contributed by atoms with Gasteiger partial charge in [-0.15, -0.1) is 0 Å². The monoisotopic (exact) mass is 374 g/mol. The molecule has 2 aromatic rings. The van der Waals surface area contributed by atoms with Gasteiger partial charge < -0.3 is 18.9 Å². The van der Waals surface area contributed by atoms with Crippen LogP contribution in [0, 0.1) is 0 Å². The van der Waals surface area contributed by atoms with Crippen LogP contribution in [0.1, 0.15) is 15.9 Å². The number of rotatable bonds is 7. The molecular weight excluding hydrogens is 352 g/mol. The SMILES string of the molecule is COc1ccc(CC(=O)NNC(=O)c2ccc(OC)c(OC)c2)cc1OC. The van der Waals surface area contributed by atoms with Crippen LogP contribution in [-0.2, 0) is 11.2 Å². The fourth-order valence-corrected chi connectivity index (χ4v) is 2.40. The maximum atomic E-state index is 12.2. The summed E-state index contributed by atoms with van der Waals surface area (Å²) >= 11 is 0. The summed E-state index contributed by atoms with van der Waals surface area (Å²) in [5, 5.41) is 0. The number of nitrogens with one attached hydrogen (secondary N) is 2. The Bertz CT molecular complexity index is 822. The fraction of sp³-hybridized carbons (Fsp3) is 0.263. The number of hydrogen-bond donors (Lipinski definition) is 2. The minimum Gasteiger partial charge on any atom is -0.493 e. The minimum absolute atomic E-state index is 0.0621. The maximum Gasteiger partial charge on any atom is 0.269 e. The Labute approximate surface area is 157 Å². The molecule has 0 heterocycles. The van der Waals surface area contributed by atoms with Gasteiger partial charge in [0.2, 0.25) is 5.91 Å². The van der Waals surface area contributed by atoms with Crippen LogP contribution in [0.5, 0.6) is 23.0 Å². The first-order chi connectivity index (χ1) is 13.0. The zero-order valence-electron chi connectivity index (χ0n) is 15.6. The van der Waals surface area contributed by atoms with Crippen LogP contribution in [0.15, 0.2) is 36.4 Å². The van der Waals surface area contributed by atoms with Crippen LogP contribution >= 0.6 is 0 Å². The molecule has 144 valence electrons. The van der Waals surface area contributed by atoms with Crippen LogP contribution in [-0.4, -0.2) is 40.3 Å².